The predicted molar refractivity (Wildman–Crippen MR) is 193 cm³/mol. The third kappa shape index (κ3) is 12.9. The van der Waals surface area contributed by atoms with E-state index in [-0.39, 0.29) is 57.7 Å². The second-order valence-electron chi connectivity index (χ2n) is 11.0. The van der Waals surface area contributed by atoms with E-state index in [1.165, 1.54) is 7.11 Å². The Bertz CT molecular complexity index is 876. The van der Waals surface area contributed by atoms with E-state index < -0.39 is 46.5 Å². The van der Waals surface area contributed by atoms with Crippen molar-refractivity contribution in [3.63, 3.8) is 0 Å². The Morgan fingerprint density at radius 1 is 0.761 bits per heavy atom. The van der Waals surface area contributed by atoms with Gasteiger partial charge in [0.05, 0.1) is 56.8 Å². The normalized spacial score (nSPS) is 39.0. The standard InChI is InChI=1S/C9H17BO4.C9H15BO4.C7H13BO4.S3.S2.H2S/c2*1-9(5-11)7(13-3)6(4-12-2)14-8(9)10;1-7(3-10)5(11)4(2-9)12-6(7)8;1-3-2;1-2;/h6-8,11H,4-5H2,1-3H3;5-8H,4H2,1-3H3;4-6,9-11H,2-3H2,1H3;;;1H2/t2*6-,7-,8-,9-;4-,5-,6-,7-;;;/m111.../s1. The lowest BCUT2D eigenvalue weighted by Crippen LogP contribution is -2.43. The minimum Gasteiger partial charge on any atom is -0.396 e. The van der Waals surface area contributed by atoms with Gasteiger partial charge in [-0.3, -0.25) is 0 Å². The zero-order valence-corrected chi connectivity index (χ0v) is 32.2. The van der Waals surface area contributed by atoms with E-state index in [9.17, 15) is 15.0 Å². The molecule has 3 aliphatic rings. The molecule has 0 saturated carbocycles. The second kappa shape index (κ2) is 25.8. The number of rotatable bonds is 10. The predicted octanol–water partition coefficient (Wildman–Crippen LogP) is -2.38. The molecule has 3 fully saturated rings. The summed E-state index contributed by atoms with van der Waals surface area (Å²) in [6.07, 6.45) is -1.88. The minimum absolute atomic E-state index is 0. The van der Waals surface area contributed by atoms with Crippen molar-refractivity contribution in [1.29, 1.82) is 0 Å². The number of hydrogen-bond donors (Lipinski definition) is 4. The molecule has 6 radical (unpaired) electrons. The second-order valence-corrected chi connectivity index (χ2v) is 12.8. The van der Waals surface area contributed by atoms with Crippen LogP contribution in [0.15, 0.2) is 0 Å². The van der Waals surface area contributed by atoms with Crippen LogP contribution >= 0.6 is 13.5 Å². The van der Waals surface area contributed by atoms with E-state index in [0.29, 0.717) is 13.2 Å². The molecule has 0 bridgehead atoms. The topological polar surface area (TPSA) is 163 Å². The summed E-state index contributed by atoms with van der Waals surface area (Å²) in [5.74, 6) is 0. The van der Waals surface area contributed by atoms with Gasteiger partial charge in [0.2, 0.25) is 0 Å². The van der Waals surface area contributed by atoms with Gasteiger partial charge < -0.3 is 58.4 Å². The van der Waals surface area contributed by atoms with Gasteiger partial charge in [0.25, 0.3) is 0 Å². The summed E-state index contributed by atoms with van der Waals surface area (Å²) in [4.78, 5) is 11.0. The van der Waals surface area contributed by atoms with Crippen molar-refractivity contribution < 1.29 is 58.4 Å². The van der Waals surface area contributed by atoms with Crippen molar-refractivity contribution >= 4 is 97.0 Å². The smallest absolute Gasteiger partial charge is 0.130 e. The molecule has 3 rings (SSSR count). The first-order chi connectivity index (χ1) is 21.2. The van der Waals surface area contributed by atoms with Crippen molar-refractivity contribution in [3.8, 4) is 0 Å². The van der Waals surface area contributed by atoms with Crippen LogP contribution in [0.1, 0.15) is 20.8 Å². The molecule has 46 heavy (non-hydrogen) atoms. The molecular formula is C25H47B3O12S6. The Morgan fingerprint density at radius 2 is 1.13 bits per heavy atom. The average Bonchev–Trinajstić information content (AvgIpc) is 3.53. The summed E-state index contributed by atoms with van der Waals surface area (Å²) >= 11 is 15.6. The van der Waals surface area contributed by atoms with E-state index in [1.54, 1.807) is 35.2 Å². The van der Waals surface area contributed by atoms with Gasteiger partial charge in [-0.2, -0.15) is 13.5 Å². The number of ether oxygens (including phenoxy) is 7. The highest BCUT2D eigenvalue weighted by Gasteiger charge is 2.52. The van der Waals surface area contributed by atoms with Gasteiger partial charge in [-0.15, -0.1) is 0 Å². The maximum absolute atomic E-state index is 11.0. The third-order valence-corrected chi connectivity index (χ3v) is 8.13. The Morgan fingerprint density at radius 3 is 1.43 bits per heavy atom. The van der Waals surface area contributed by atoms with E-state index in [0.717, 1.165) is 15.2 Å². The number of carbonyl (C=O) groups is 1. The highest BCUT2D eigenvalue weighted by atomic mass is 33.1. The molecule has 264 valence electrons. The van der Waals surface area contributed by atoms with E-state index in [4.69, 9.17) is 66.9 Å². The van der Waals surface area contributed by atoms with Gasteiger partial charge in [-0.05, 0) is 6.92 Å². The van der Waals surface area contributed by atoms with Gasteiger partial charge in [0, 0.05) is 111 Å². The van der Waals surface area contributed by atoms with Crippen LogP contribution < -0.4 is 0 Å². The Hall–Kier alpha value is 0.875. The van der Waals surface area contributed by atoms with Crippen LogP contribution in [0.2, 0.25) is 0 Å². The molecule has 12 atom stereocenters. The molecule has 0 aromatic heterocycles. The van der Waals surface area contributed by atoms with Crippen molar-refractivity contribution in [3.05, 3.63) is 0 Å². The first kappa shape index (κ1) is 51.2. The van der Waals surface area contributed by atoms with E-state index in [2.05, 4.69) is 44.8 Å². The number of aldehydes is 1. The van der Waals surface area contributed by atoms with E-state index in [1.807, 2.05) is 6.92 Å². The molecule has 3 aliphatic heterocycles. The van der Waals surface area contributed by atoms with Crippen LogP contribution in [-0.2, 0) is 91.6 Å². The van der Waals surface area contributed by atoms with Crippen LogP contribution in [0.4, 0.5) is 0 Å². The average molecular weight is 764 g/mol. The Balaban J connectivity index is -0.000000558. The molecule has 3 saturated heterocycles. The lowest BCUT2D eigenvalue weighted by molar-refractivity contribution is -0.121. The van der Waals surface area contributed by atoms with Crippen LogP contribution in [0, 0.1) is 16.2 Å². The zero-order chi connectivity index (χ0) is 35.6. The Kier molecular flexibility index (Phi) is 28.7. The number of aliphatic hydroxyl groups excluding tert-OH is 4. The van der Waals surface area contributed by atoms with Crippen molar-refractivity contribution in [2.45, 2.75) is 75.4 Å². The van der Waals surface area contributed by atoms with Crippen molar-refractivity contribution in [2.75, 3.05) is 61.5 Å². The molecular weight excluding hydrogens is 717 g/mol. The van der Waals surface area contributed by atoms with Crippen molar-refractivity contribution in [2.24, 2.45) is 16.2 Å². The number of aliphatic hydroxyl groups is 4. The summed E-state index contributed by atoms with van der Waals surface area (Å²) < 4.78 is 36.4. The molecule has 0 amide bonds. The monoisotopic (exact) mass is 764 g/mol. The van der Waals surface area contributed by atoms with Gasteiger partial charge in [-0.25, -0.2) is 0 Å². The molecule has 12 nitrogen and oxygen atoms in total. The summed E-state index contributed by atoms with van der Waals surface area (Å²) in [6.45, 7) is 5.38. The van der Waals surface area contributed by atoms with Crippen LogP contribution in [0.3, 0.4) is 0 Å². The molecule has 21 heteroatoms. The maximum Gasteiger partial charge on any atom is 0.130 e. The fraction of sp³-hybridized carbons (Fsp3) is 0.960. The first-order valence-corrected chi connectivity index (χ1v) is 17.5. The number of carbonyl (C=O) groups excluding carboxylic acids is 1. The van der Waals surface area contributed by atoms with Gasteiger partial charge in [0.15, 0.2) is 0 Å². The lowest BCUT2D eigenvalue weighted by atomic mass is 9.72. The fourth-order valence-corrected chi connectivity index (χ4v) is 5.03. The lowest BCUT2D eigenvalue weighted by Gasteiger charge is -2.31. The minimum atomic E-state index is -0.914. The van der Waals surface area contributed by atoms with Gasteiger partial charge >= 0.3 is 0 Å². The van der Waals surface area contributed by atoms with Gasteiger partial charge in [-0.1, -0.05) is 13.8 Å². The maximum atomic E-state index is 11.0. The molecule has 0 aromatic rings. The summed E-state index contributed by atoms with van der Waals surface area (Å²) in [6, 6.07) is -1.88. The molecule has 4 N–H and O–H groups in total. The highest BCUT2D eigenvalue weighted by molar-refractivity contribution is 8.37. The number of methoxy groups -OCH3 is 4. The van der Waals surface area contributed by atoms with Crippen LogP contribution in [-0.4, -0.2) is 166 Å². The summed E-state index contributed by atoms with van der Waals surface area (Å²) in [7, 11) is 24.2. The molecule has 0 spiro atoms. The molecule has 0 unspecified atom stereocenters. The number of hydrogen-bond acceptors (Lipinski definition) is 16. The van der Waals surface area contributed by atoms with Gasteiger partial charge in [0.1, 0.15) is 48.1 Å². The SMILES string of the molecule is S.S=S.S=S=S.[B][C@@H]1O[C@H](CO)[C@@H](O)[C@@]1(C)CO.[B][C@@H]1O[C@H](COC)[C@@H](OC)[C@@]1(C)C=O.[B][C@@H]1O[C@H](COC)[C@@H](OC)[C@@]1(C)CO. The van der Waals surface area contributed by atoms with E-state index >= 15 is 0 Å². The fourth-order valence-electron chi connectivity index (χ4n) is 5.03. The Labute approximate surface area is 306 Å². The van der Waals surface area contributed by atoms with Crippen molar-refractivity contribution in [1.82, 2.24) is 0 Å². The highest BCUT2D eigenvalue weighted by Crippen LogP contribution is 2.39. The molecule has 0 aromatic carbocycles. The summed E-state index contributed by atoms with van der Waals surface area (Å²) in [5, 5.41) is 36.6. The van der Waals surface area contributed by atoms with Crippen LogP contribution in [0.5, 0.6) is 0 Å². The largest absolute Gasteiger partial charge is 0.396 e. The summed E-state index contributed by atoms with van der Waals surface area (Å²) in [5.41, 5.74) is -2.22. The third-order valence-electron chi connectivity index (χ3n) is 8.13. The first-order valence-electron chi connectivity index (χ1n) is 13.5. The quantitative estimate of drug-likeness (QED) is 0.138. The molecule has 3 heterocycles. The van der Waals surface area contributed by atoms with Crippen LogP contribution in [0.25, 0.3) is 0 Å². The zero-order valence-electron chi connectivity index (χ0n) is 27.1. The molecule has 0 aliphatic carbocycles.